The van der Waals surface area contributed by atoms with Crippen LogP contribution in [-0.4, -0.2) is 27.3 Å². The Morgan fingerprint density at radius 2 is 1.88 bits per heavy atom. The van der Waals surface area contributed by atoms with E-state index in [1.54, 1.807) is 31.2 Å². The topological polar surface area (TPSA) is 97.0 Å². The molecule has 0 unspecified atom stereocenters. The average Bonchev–Trinajstić information content (AvgIpc) is 3.12. The summed E-state index contributed by atoms with van der Waals surface area (Å²) in [5, 5.41) is 13.2. The molecule has 0 saturated heterocycles. The zero-order valence-electron chi connectivity index (χ0n) is 13.7. The number of hydrogen-bond acceptors (Lipinski definition) is 5. The molecule has 0 fully saturated rings. The largest absolute Gasteiger partial charge is 0.459 e. The molecule has 2 N–H and O–H groups in total. The first-order chi connectivity index (χ1) is 12.2. The fraction of sp³-hybridized carbons (Fsp3) is 0.222. The van der Waals surface area contributed by atoms with Gasteiger partial charge in [0, 0.05) is 6.42 Å². The smallest absolute Gasteiger partial charge is 0.333 e. The Labute approximate surface area is 144 Å². The van der Waals surface area contributed by atoms with Crippen LogP contribution in [0.1, 0.15) is 30.5 Å². The van der Waals surface area contributed by atoms with Crippen LogP contribution >= 0.6 is 0 Å². The molecule has 1 heterocycles. The minimum Gasteiger partial charge on any atom is -0.459 e. The third-order valence-corrected chi connectivity index (χ3v) is 3.76. The van der Waals surface area contributed by atoms with Crippen molar-refractivity contribution in [3.63, 3.8) is 0 Å². The number of nitrogens with zero attached hydrogens (tertiary/aromatic N) is 2. The number of amides is 1. The molecule has 0 spiro atoms. The molecule has 1 amide bonds. The van der Waals surface area contributed by atoms with Crippen LogP contribution in [0.25, 0.3) is 11.0 Å². The lowest BCUT2D eigenvalue weighted by Gasteiger charge is -2.17. The molecule has 25 heavy (non-hydrogen) atoms. The molecule has 2 aromatic carbocycles. The van der Waals surface area contributed by atoms with Crippen LogP contribution in [0.2, 0.25) is 0 Å². The number of aromatic amines is 1. The van der Waals surface area contributed by atoms with Crippen molar-refractivity contribution in [3.8, 4) is 0 Å². The van der Waals surface area contributed by atoms with Gasteiger partial charge in [0.05, 0.1) is 0 Å². The molecule has 0 aliphatic rings. The van der Waals surface area contributed by atoms with Crippen molar-refractivity contribution in [2.24, 2.45) is 0 Å². The van der Waals surface area contributed by atoms with Crippen molar-refractivity contribution in [3.05, 3.63) is 59.7 Å². The van der Waals surface area contributed by atoms with Gasteiger partial charge in [-0.3, -0.25) is 4.79 Å². The highest BCUT2D eigenvalue weighted by Crippen LogP contribution is 2.17. The molecule has 0 saturated carbocycles. The quantitative estimate of drug-likeness (QED) is 0.672. The second kappa shape index (κ2) is 7.57. The van der Waals surface area contributed by atoms with Gasteiger partial charge in [-0.1, -0.05) is 43.3 Å². The zero-order valence-corrected chi connectivity index (χ0v) is 13.7. The Morgan fingerprint density at radius 3 is 2.64 bits per heavy atom. The minimum absolute atomic E-state index is 0.0902. The number of nitrogens with one attached hydrogen (secondary N) is 2. The molecule has 7 nitrogen and oxygen atoms in total. The van der Waals surface area contributed by atoms with E-state index in [1.165, 1.54) is 0 Å². The molecule has 0 radical (unpaired) electrons. The van der Waals surface area contributed by atoms with E-state index in [4.69, 9.17) is 4.74 Å². The second-order valence-corrected chi connectivity index (χ2v) is 5.52. The number of hydrogen-bond donors (Lipinski definition) is 2. The van der Waals surface area contributed by atoms with Crippen LogP contribution in [0.15, 0.2) is 48.5 Å². The first-order valence-electron chi connectivity index (χ1n) is 7.97. The van der Waals surface area contributed by atoms with Gasteiger partial charge < -0.3 is 10.1 Å². The average molecular weight is 338 g/mol. The number of benzene rings is 2. The van der Waals surface area contributed by atoms with E-state index in [-0.39, 0.29) is 12.5 Å². The summed E-state index contributed by atoms with van der Waals surface area (Å²) in [6, 6.07) is 13.6. The normalized spacial score (nSPS) is 11.9. The van der Waals surface area contributed by atoms with Gasteiger partial charge in [0.2, 0.25) is 5.91 Å². The van der Waals surface area contributed by atoms with Gasteiger partial charge in [0.15, 0.2) is 6.04 Å². The number of carbonyl (C=O) groups is 2. The maximum Gasteiger partial charge on any atom is 0.333 e. The van der Waals surface area contributed by atoms with E-state index < -0.39 is 12.0 Å². The van der Waals surface area contributed by atoms with Crippen LogP contribution in [0.5, 0.6) is 0 Å². The van der Waals surface area contributed by atoms with E-state index in [0.29, 0.717) is 17.5 Å². The fourth-order valence-electron chi connectivity index (χ4n) is 2.40. The van der Waals surface area contributed by atoms with Crippen LogP contribution in [-0.2, 0) is 20.9 Å². The highest BCUT2D eigenvalue weighted by Gasteiger charge is 2.23. The highest BCUT2D eigenvalue weighted by atomic mass is 16.5. The summed E-state index contributed by atoms with van der Waals surface area (Å²) < 4.78 is 5.40. The Balaban J connectivity index is 1.72. The molecular formula is C18H18N4O3. The molecule has 1 aromatic heterocycles. The van der Waals surface area contributed by atoms with Gasteiger partial charge in [-0.15, -0.1) is 0 Å². The summed E-state index contributed by atoms with van der Waals surface area (Å²) in [5.41, 5.74) is 2.92. The number of rotatable bonds is 6. The third kappa shape index (κ3) is 4.00. The summed E-state index contributed by atoms with van der Waals surface area (Å²) in [6.45, 7) is 1.82. The van der Waals surface area contributed by atoms with Gasteiger partial charge in [-0.25, -0.2) is 4.79 Å². The maximum atomic E-state index is 12.5. The maximum absolute atomic E-state index is 12.5. The van der Waals surface area contributed by atoms with E-state index in [0.717, 1.165) is 11.1 Å². The lowest BCUT2D eigenvalue weighted by Crippen LogP contribution is -2.34. The summed E-state index contributed by atoms with van der Waals surface area (Å²) in [7, 11) is 0. The summed E-state index contributed by atoms with van der Waals surface area (Å²) >= 11 is 0. The number of fused-ring (bicyclic) bond motifs is 1. The molecule has 1 atom stereocenters. The van der Waals surface area contributed by atoms with Crippen molar-refractivity contribution in [2.45, 2.75) is 26.0 Å². The highest BCUT2D eigenvalue weighted by molar-refractivity contribution is 5.85. The fourth-order valence-corrected chi connectivity index (χ4v) is 2.40. The van der Waals surface area contributed by atoms with Gasteiger partial charge in [-0.05, 0) is 23.3 Å². The Morgan fingerprint density at radius 1 is 1.12 bits per heavy atom. The summed E-state index contributed by atoms with van der Waals surface area (Å²) in [6.07, 6.45) is 0.291. The number of esters is 1. The van der Waals surface area contributed by atoms with Crippen molar-refractivity contribution in [1.82, 2.24) is 20.7 Å². The number of aromatic nitrogens is 3. The van der Waals surface area contributed by atoms with Crippen molar-refractivity contribution in [1.29, 1.82) is 0 Å². The SMILES string of the molecule is CCC(=O)N[C@H](C(=O)OCc1ccc2n[nH]nc2c1)c1ccccc1. The molecule has 0 bridgehead atoms. The minimum atomic E-state index is -0.829. The van der Waals surface area contributed by atoms with Crippen LogP contribution in [0.3, 0.4) is 0 Å². The molecule has 128 valence electrons. The summed E-state index contributed by atoms with van der Waals surface area (Å²) in [4.78, 5) is 24.3. The molecule has 0 aliphatic heterocycles. The number of H-pyrrole nitrogens is 1. The van der Waals surface area contributed by atoms with E-state index in [1.807, 2.05) is 24.3 Å². The lowest BCUT2D eigenvalue weighted by molar-refractivity contribution is -0.149. The first kappa shape index (κ1) is 16.6. The van der Waals surface area contributed by atoms with E-state index in [9.17, 15) is 9.59 Å². The molecule has 7 heteroatoms. The second-order valence-electron chi connectivity index (χ2n) is 5.52. The Kier molecular flexibility index (Phi) is 5.03. The van der Waals surface area contributed by atoms with E-state index in [2.05, 4.69) is 20.7 Å². The zero-order chi connectivity index (χ0) is 17.6. The van der Waals surface area contributed by atoms with Crippen LogP contribution < -0.4 is 5.32 Å². The van der Waals surface area contributed by atoms with Gasteiger partial charge in [-0.2, -0.15) is 15.4 Å². The van der Waals surface area contributed by atoms with E-state index >= 15 is 0 Å². The van der Waals surface area contributed by atoms with Crippen LogP contribution in [0.4, 0.5) is 0 Å². The Hall–Kier alpha value is -3.22. The van der Waals surface area contributed by atoms with Gasteiger partial charge >= 0.3 is 5.97 Å². The predicted octanol–water partition coefficient (Wildman–Crippen LogP) is 2.27. The van der Waals surface area contributed by atoms with Crippen molar-refractivity contribution in [2.75, 3.05) is 0 Å². The van der Waals surface area contributed by atoms with Crippen LogP contribution in [0, 0.1) is 0 Å². The van der Waals surface area contributed by atoms with Crippen molar-refractivity contribution >= 4 is 22.9 Å². The van der Waals surface area contributed by atoms with Gasteiger partial charge in [0.1, 0.15) is 17.6 Å². The first-order valence-corrected chi connectivity index (χ1v) is 7.97. The molecule has 3 aromatic rings. The molecular weight excluding hydrogens is 320 g/mol. The lowest BCUT2D eigenvalue weighted by atomic mass is 10.1. The molecule has 0 aliphatic carbocycles. The number of carbonyl (C=O) groups excluding carboxylic acids is 2. The van der Waals surface area contributed by atoms with Gasteiger partial charge in [0.25, 0.3) is 0 Å². The van der Waals surface area contributed by atoms with Crippen molar-refractivity contribution < 1.29 is 14.3 Å². The standard InChI is InChI=1S/C18H18N4O3/c1-2-16(23)19-17(13-6-4-3-5-7-13)18(24)25-11-12-8-9-14-15(10-12)21-22-20-14/h3-10,17H,2,11H2,1H3,(H,19,23)(H,20,21,22)/t17-/m0/s1. The predicted molar refractivity (Wildman–Crippen MR) is 91.3 cm³/mol. The Bertz CT molecular complexity index is 876. The monoisotopic (exact) mass is 338 g/mol. The third-order valence-electron chi connectivity index (χ3n) is 3.76. The number of ether oxygens (including phenoxy) is 1. The summed E-state index contributed by atoms with van der Waals surface area (Å²) in [5.74, 6) is -0.719. The molecule has 3 rings (SSSR count).